The van der Waals surface area contributed by atoms with Crippen LogP contribution < -0.4 is 5.73 Å². The lowest BCUT2D eigenvalue weighted by Gasteiger charge is -1.98. The van der Waals surface area contributed by atoms with Crippen LogP contribution in [0.5, 0.6) is 0 Å². The Labute approximate surface area is 85.1 Å². The van der Waals surface area contributed by atoms with Gasteiger partial charge in [0, 0.05) is 16.4 Å². The minimum Gasteiger partial charge on any atom is -0.361 e. The van der Waals surface area contributed by atoms with Crippen LogP contribution in [-0.4, -0.2) is 14.9 Å². The molecule has 76 valence electrons. The fourth-order valence-corrected chi connectivity index (χ4v) is 1.32. The molecule has 0 fully saturated rings. The Morgan fingerprint density at radius 1 is 1.33 bits per heavy atom. The van der Waals surface area contributed by atoms with Gasteiger partial charge < -0.3 is 15.8 Å². The van der Waals surface area contributed by atoms with Gasteiger partial charge >= 0.3 is 0 Å². The second-order valence-electron chi connectivity index (χ2n) is 2.95. The van der Waals surface area contributed by atoms with Crippen molar-refractivity contribution in [3.05, 3.63) is 46.5 Å². The van der Waals surface area contributed by atoms with Gasteiger partial charge in [-0.25, -0.2) is 0 Å². The number of hydrogen-bond acceptors (Lipinski definition) is 4. The van der Waals surface area contributed by atoms with Crippen molar-refractivity contribution in [2.75, 3.05) is 5.73 Å². The van der Waals surface area contributed by atoms with Gasteiger partial charge in [-0.15, -0.1) is 0 Å². The van der Waals surface area contributed by atoms with Gasteiger partial charge in [0.25, 0.3) is 5.82 Å². The molecule has 0 aliphatic rings. The van der Waals surface area contributed by atoms with Gasteiger partial charge in [0.2, 0.25) is 0 Å². The van der Waals surface area contributed by atoms with Gasteiger partial charge in [-0.05, 0) is 0 Å². The first-order valence-electron chi connectivity index (χ1n) is 4.24. The van der Waals surface area contributed by atoms with Crippen LogP contribution in [0.2, 0.25) is 0 Å². The molecule has 0 unspecified atom stereocenters. The van der Waals surface area contributed by atoms with E-state index in [9.17, 15) is 10.1 Å². The minimum absolute atomic E-state index is 0.130. The fraction of sp³-hybridized carbons (Fsp3) is 0. The first kappa shape index (κ1) is 9.20. The molecule has 2 N–H and O–H groups in total. The Morgan fingerprint density at radius 2 is 2.00 bits per heavy atom. The summed E-state index contributed by atoms with van der Waals surface area (Å²) < 4.78 is 0. The van der Waals surface area contributed by atoms with E-state index < -0.39 is 5.03 Å². The summed E-state index contributed by atoms with van der Waals surface area (Å²) in [7, 11) is 0. The molecule has 6 nitrogen and oxygen atoms in total. The molecular weight excluding hydrogens is 196 g/mol. The maximum Gasteiger partial charge on any atom is 0.267 e. The van der Waals surface area contributed by atoms with E-state index in [4.69, 9.17) is 5.73 Å². The van der Waals surface area contributed by atoms with Crippen molar-refractivity contribution in [2.24, 2.45) is 0 Å². The van der Waals surface area contributed by atoms with E-state index in [0.29, 0.717) is 16.0 Å². The molecule has 15 heavy (non-hydrogen) atoms. The molecule has 0 spiro atoms. The highest BCUT2D eigenvalue weighted by atomic mass is 16.7. The number of nitrogen functional groups attached to an aromatic ring is 1. The first-order chi connectivity index (χ1) is 7.18. The maximum absolute atomic E-state index is 10.7. The molecular formula is C9H8N4O2. The molecule has 6 heteroatoms. The highest BCUT2D eigenvalue weighted by Gasteiger charge is 2.16. The van der Waals surface area contributed by atoms with Crippen molar-refractivity contribution in [1.82, 2.24) is 9.89 Å². The van der Waals surface area contributed by atoms with Crippen molar-refractivity contribution in [2.45, 2.75) is 0 Å². The van der Waals surface area contributed by atoms with Crippen molar-refractivity contribution in [1.29, 1.82) is 0 Å². The Kier molecular flexibility index (Phi) is 2.09. The third-order valence-electron chi connectivity index (χ3n) is 1.93. The number of hydrogen-bond donors (Lipinski definition) is 1. The van der Waals surface area contributed by atoms with E-state index >= 15 is 0 Å². The van der Waals surface area contributed by atoms with E-state index in [1.165, 1.54) is 6.07 Å². The van der Waals surface area contributed by atoms with Crippen LogP contribution in [0.15, 0.2) is 36.4 Å². The van der Waals surface area contributed by atoms with Gasteiger partial charge in [-0.2, -0.15) is 0 Å². The summed E-state index contributed by atoms with van der Waals surface area (Å²) in [5, 5.41) is 13.6. The van der Waals surface area contributed by atoms with Gasteiger partial charge in [-0.3, -0.25) is 0 Å². The first-order valence-corrected chi connectivity index (χ1v) is 4.24. The van der Waals surface area contributed by atoms with Gasteiger partial charge in [-0.1, -0.05) is 30.3 Å². The second kappa shape index (κ2) is 3.41. The quantitative estimate of drug-likeness (QED) is 0.587. The highest BCUT2D eigenvalue weighted by Crippen LogP contribution is 2.20. The zero-order chi connectivity index (χ0) is 10.8. The topological polar surface area (TPSA) is 87.0 Å². The summed E-state index contributed by atoms with van der Waals surface area (Å²) >= 11 is 0. The number of anilines is 1. The third kappa shape index (κ3) is 1.64. The molecule has 0 aliphatic carbocycles. The molecule has 0 atom stereocenters. The maximum atomic E-state index is 10.7. The van der Waals surface area contributed by atoms with Crippen LogP contribution >= 0.6 is 0 Å². The molecule has 0 radical (unpaired) electrons. The molecule has 0 amide bonds. The summed E-state index contributed by atoms with van der Waals surface area (Å²) in [5.74, 6) is 0.130. The molecule has 1 aromatic carbocycles. The summed E-state index contributed by atoms with van der Waals surface area (Å²) in [6.45, 7) is 0. The largest absolute Gasteiger partial charge is 0.361 e. The summed E-state index contributed by atoms with van der Waals surface area (Å²) in [5.41, 5.74) is 6.50. The molecule has 2 rings (SSSR count). The zero-order valence-electron chi connectivity index (χ0n) is 7.70. The van der Waals surface area contributed by atoms with Gasteiger partial charge in [0.15, 0.2) is 0 Å². The molecule has 0 saturated carbocycles. The van der Waals surface area contributed by atoms with E-state index in [1.54, 1.807) is 24.3 Å². The number of rotatable bonds is 2. The number of nitro groups is 1. The van der Waals surface area contributed by atoms with Crippen LogP contribution in [0, 0.1) is 10.1 Å². The zero-order valence-corrected chi connectivity index (χ0v) is 7.70. The molecule has 1 aromatic heterocycles. The fourth-order valence-electron chi connectivity index (χ4n) is 1.32. The minimum atomic E-state index is -0.612. The van der Waals surface area contributed by atoms with Crippen LogP contribution in [0.3, 0.4) is 0 Å². The van der Waals surface area contributed by atoms with Crippen molar-refractivity contribution < 1.29 is 5.03 Å². The molecule has 1 heterocycles. The number of nitrogens with zero attached hydrogens (tertiary/aromatic N) is 3. The molecule has 0 saturated heterocycles. The van der Waals surface area contributed by atoms with E-state index in [2.05, 4.69) is 5.10 Å². The average Bonchev–Trinajstić information content (AvgIpc) is 2.62. The summed E-state index contributed by atoms with van der Waals surface area (Å²) in [4.78, 5) is 11.3. The van der Waals surface area contributed by atoms with Crippen molar-refractivity contribution in [3.8, 4) is 11.3 Å². The summed E-state index contributed by atoms with van der Waals surface area (Å²) in [6.07, 6.45) is 0. The SMILES string of the molecule is Nc1cc(-c2ccccc2)n([N+](=O)[O-])n1. The van der Waals surface area contributed by atoms with Crippen LogP contribution in [0.1, 0.15) is 0 Å². The van der Waals surface area contributed by atoms with E-state index in [0.717, 1.165) is 0 Å². The molecule has 0 aliphatic heterocycles. The van der Waals surface area contributed by atoms with E-state index in [-0.39, 0.29) is 5.82 Å². The standard InChI is InChI=1S/C9H8N4O2/c10-9-6-8(12(11-9)13(14)15)7-4-2-1-3-5-7/h1-6H,(H2,10,11). The smallest absolute Gasteiger partial charge is 0.267 e. The monoisotopic (exact) mass is 204 g/mol. The van der Waals surface area contributed by atoms with Gasteiger partial charge in [0.05, 0.1) is 10.1 Å². The number of nitrogens with two attached hydrogens (primary N) is 1. The highest BCUT2D eigenvalue weighted by molar-refractivity contribution is 5.62. The number of benzene rings is 1. The molecule has 0 bridgehead atoms. The Bertz CT molecular complexity index is 492. The van der Waals surface area contributed by atoms with Crippen LogP contribution in [0.25, 0.3) is 11.3 Å². The third-order valence-corrected chi connectivity index (χ3v) is 1.93. The van der Waals surface area contributed by atoms with Crippen molar-refractivity contribution in [3.63, 3.8) is 0 Å². The Balaban J connectivity index is 2.58. The second-order valence-corrected chi connectivity index (χ2v) is 2.95. The van der Waals surface area contributed by atoms with Crippen LogP contribution in [-0.2, 0) is 0 Å². The van der Waals surface area contributed by atoms with E-state index in [1.807, 2.05) is 6.07 Å². The van der Waals surface area contributed by atoms with Gasteiger partial charge in [0.1, 0.15) is 5.69 Å². The normalized spacial score (nSPS) is 10.1. The lowest BCUT2D eigenvalue weighted by atomic mass is 10.1. The number of aromatic nitrogens is 2. The van der Waals surface area contributed by atoms with Crippen LogP contribution in [0.4, 0.5) is 5.82 Å². The summed E-state index contributed by atoms with van der Waals surface area (Å²) in [6, 6.07) is 10.4. The Hall–Kier alpha value is -2.37. The Morgan fingerprint density at radius 3 is 2.60 bits per heavy atom. The predicted molar refractivity (Wildman–Crippen MR) is 54.5 cm³/mol. The predicted octanol–water partition coefficient (Wildman–Crippen LogP) is 1.17. The average molecular weight is 204 g/mol. The lowest BCUT2D eigenvalue weighted by molar-refractivity contribution is -0.550. The lowest BCUT2D eigenvalue weighted by Crippen LogP contribution is -2.11. The molecule has 2 aromatic rings. The van der Waals surface area contributed by atoms with Crippen molar-refractivity contribution >= 4 is 5.82 Å².